The zero-order valence-electron chi connectivity index (χ0n) is 16.3. The lowest BCUT2D eigenvalue weighted by molar-refractivity contribution is 0.415. The van der Waals surface area contributed by atoms with Crippen LogP contribution in [-0.4, -0.2) is 28.9 Å². The van der Waals surface area contributed by atoms with Gasteiger partial charge in [-0.15, -0.1) is 11.3 Å². The Morgan fingerprint density at radius 1 is 0.759 bits per heavy atom. The monoisotopic (exact) mass is 424 g/mol. The van der Waals surface area contributed by atoms with Crippen LogP contribution < -0.4 is 9.47 Å². The Morgan fingerprint density at radius 2 is 1.34 bits per heavy atom. The first-order valence-corrected chi connectivity index (χ1v) is 11.7. The van der Waals surface area contributed by atoms with Gasteiger partial charge >= 0.3 is 0 Å². The van der Waals surface area contributed by atoms with Gasteiger partial charge in [0, 0.05) is 26.8 Å². The Hall–Kier alpha value is -2.83. The van der Waals surface area contributed by atoms with E-state index in [1.165, 1.54) is 6.26 Å². The summed E-state index contributed by atoms with van der Waals surface area (Å²) in [5.41, 5.74) is 3.13. The van der Waals surface area contributed by atoms with Gasteiger partial charge in [0.15, 0.2) is 9.84 Å². The molecule has 0 spiro atoms. The number of rotatable bonds is 5. The lowest BCUT2D eigenvalue weighted by Gasteiger charge is -2.08. The van der Waals surface area contributed by atoms with Crippen LogP contribution in [0.15, 0.2) is 71.6 Å². The number of hydrogen-bond acceptors (Lipinski definition) is 5. The normalized spacial score (nSPS) is 11.6. The fraction of sp³-hybridized carbons (Fsp3) is 0.130. The highest BCUT2D eigenvalue weighted by Gasteiger charge is 2.17. The molecule has 4 nitrogen and oxygen atoms in total. The third-order valence-electron chi connectivity index (χ3n) is 4.82. The van der Waals surface area contributed by atoms with E-state index in [4.69, 9.17) is 9.47 Å². The topological polar surface area (TPSA) is 52.6 Å². The molecule has 6 heteroatoms. The molecule has 148 valence electrons. The van der Waals surface area contributed by atoms with Gasteiger partial charge in [-0.1, -0.05) is 24.3 Å². The number of fused-ring (bicyclic) bond motifs is 1. The molecule has 0 bridgehead atoms. The first-order chi connectivity index (χ1) is 13.9. The third kappa shape index (κ3) is 3.73. The Bertz CT molecular complexity index is 1270. The first kappa shape index (κ1) is 19.5. The second kappa shape index (κ2) is 7.54. The molecule has 3 aromatic carbocycles. The predicted molar refractivity (Wildman–Crippen MR) is 119 cm³/mol. The first-order valence-electron chi connectivity index (χ1n) is 8.96. The van der Waals surface area contributed by atoms with E-state index in [0.717, 1.165) is 43.2 Å². The summed E-state index contributed by atoms with van der Waals surface area (Å²) in [4.78, 5) is 1.40. The van der Waals surface area contributed by atoms with Crippen molar-refractivity contribution in [3.05, 3.63) is 66.7 Å². The number of sulfone groups is 1. The SMILES string of the molecule is COc1ccc(-c2c(-c3ccc(S(C)(=O)=O)cc3)sc3ccc(OC)cc23)cc1. The second-order valence-electron chi connectivity index (χ2n) is 6.69. The van der Waals surface area contributed by atoms with Gasteiger partial charge in [-0.25, -0.2) is 8.42 Å². The summed E-state index contributed by atoms with van der Waals surface area (Å²) >= 11 is 1.68. The number of benzene rings is 3. The number of thiophene rings is 1. The Kier molecular flexibility index (Phi) is 5.06. The third-order valence-corrected chi connectivity index (χ3v) is 7.17. The summed E-state index contributed by atoms with van der Waals surface area (Å²) < 4.78 is 35.5. The van der Waals surface area contributed by atoms with Crippen LogP contribution in [0.5, 0.6) is 11.5 Å². The quantitative estimate of drug-likeness (QED) is 0.415. The van der Waals surface area contributed by atoms with Gasteiger partial charge < -0.3 is 9.47 Å². The van der Waals surface area contributed by atoms with E-state index in [2.05, 4.69) is 6.07 Å². The molecule has 0 radical (unpaired) electrons. The standard InChI is InChI=1S/C23H20O4S2/c1-26-17-8-4-15(5-9-17)22-20-14-18(27-2)10-13-21(20)28-23(22)16-6-11-19(12-7-16)29(3,24)25/h4-14H,1-3H3. The van der Waals surface area contributed by atoms with Crippen molar-refractivity contribution in [2.24, 2.45) is 0 Å². The summed E-state index contributed by atoms with van der Waals surface area (Å²) in [6.07, 6.45) is 1.22. The van der Waals surface area contributed by atoms with Crippen LogP contribution in [0.1, 0.15) is 0 Å². The van der Waals surface area contributed by atoms with Crippen LogP contribution in [-0.2, 0) is 9.84 Å². The Labute approximate surface area is 174 Å². The molecule has 0 aliphatic carbocycles. The minimum absolute atomic E-state index is 0.315. The minimum atomic E-state index is -3.23. The van der Waals surface area contributed by atoms with E-state index in [1.807, 2.05) is 48.5 Å². The maximum atomic E-state index is 11.8. The van der Waals surface area contributed by atoms with Gasteiger partial charge in [-0.3, -0.25) is 0 Å². The molecule has 4 rings (SSSR count). The van der Waals surface area contributed by atoms with Gasteiger partial charge in [0.1, 0.15) is 11.5 Å². The number of ether oxygens (including phenoxy) is 2. The molecule has 1 aromatic heterocycles. The number of hydrogen-bond donors (Lipinski definition) is 0. The predicted octanol–water partition coefficient (Wildman–Crippen LogP) is 5.66. The molecular formula is C23H20O4S2. The lowest BCUT2D eigenvalue weighted by atomic mass is 9.98. The van der Waals surface area contributed by atoms with Crippen molar-refractivity contribution in [2.75, 3.05) is 20.5 Å². The molecular weight excluding hydrogens is 404 g/mol. The van der Waals surface area contributed by atoms with Crippen molar-refractivity contribution in [3.8, 4) is 33.1 Å². The molecule has 0 saturated carbocycles. The van der Waals surface area contributed by atoms with Crippen molar-refractivity contribution >= 4 is 31.3 Å². The Morgan fingerprint density at radius 3 is 1.93 bits per heavy atom. The molecule has 0 atom stereocenters. The van der Waals surface area contributed by atoms with Crippen LogP contribution in [0.2, 0.25) is 0 Å². The largest absolute Gasteiger partial charge is 0.497 e. The Balaban J connectivity index is 1.95. The molecule has 0 aliphatic heterocycles. The average molecular weight is 425 g/mol. The van der Waals surface area contributed by atoms with E-state index in [0.29, 0.717) is 4.90 Å². The molecule has 4 aromatic rings. The molecule has 0 saturated heterocycles. The van der Waals surface area contributed by atoms with E-state index >= 15 is 0 Å². The second-order valence-corrected chi connectivity index (χ2v) is 9.76. The molecule has 0 amide bonds. The van der Waals surface area contributed by atoms with Gasteiger partial charge in [0.25, 0.3) is 0 Å². The molecule has 0 unspecified atom stereocenters. The van der Waals surface area contributed by atoms with Crippen molar-refractivity contribution in [1.82, 2.24) is 0 Å². The maximum absolute atomic E-state index is 11.8. The van der Waals surface area contributed by atoms with Crippen LogP contribution in [0, 0.1) is 0 Å². The average Bonchev–Trinajstić information content (AvgIpc) is 3.11. The van der Waals surface area contributed by atoms with Crippen LogP contribution in [0.4, 0.5) is 0 Å². The van der Waals surface area contributed by atoms with Gasteiger partial charge in [0.2, 0.25) is 0 Å². The smallest absolute Gasteiger partial charge is 0.175 e. The highest BCUT2D eigenvalue weighted by atomic mass is 32.2. The highest BCUT2D eigenvalue weighted by Crippen LogP contribution is 2.46. The summed E-state index contributed by atoms with van der Waals surface area (Å²) in [5, 5.41) is 1.10. The summed E-state index contributed by atoms with van der Waals surface area (Å²) in [5.74, 6) is 1.59. The lowest BCUT2D eigenvalue weighted by Crippen LogP contribution is -1.96. The number of methoxy groups -OCH3 is 2. The maximum Gasteiger partial charge on any atom is 0.175 e. The zero-order chi connectivity index (χ0) is 20.6. The fourth-order valence-corrected chi connectivity index (χ4v) is 5.15. The van der Waals surface area contributed by atoms with E-state index < -0.39 is 9.84 Å². The van der Waals surface area contributed by atoms with E-state index in [9.17, 15) is 8.42 Å². The van der Waals surface area contributed by atoms with Crippen LogP contribution in [0.25, 0.3) is 31.7 Å². The van der Waals surface area contributed by atoms with E-state index in [1.54, 1.807) is 37.7 Å². The summed E-state index contributed by atoms with van der Waals surface area (Å²) in [7, 11) is 0.0732. The van der Waals surface area contributed by atoms with Gasteiger partial charge in [0.05, 0.1) is 19.1 Å². The fourth-order valence-electron chi connectivity index (χ4n) is 3.30. The molecule has 0 fully saturated rings. The summed E-state index contributed by atoms with van der Waals surface area (Å²) in [6.45, 7) is 0. The molecule has 29 heavy (non-hydrogen) atoms. The van der Waals surface area contributed by atoms with Crippen LogP contribution in [0.3, 0.4) is 0 Å². The van der Waals surface area contributed by atoms with Crippen molar-refractivity contribution in [3.63, 3.8) is 0 Å². The van der Waals surface area contributed by atoms with Gasteiger partial charge in [-0.05, 0) is 53.6 Å². The van der Waals surface area contributed by atoms with Crippen LogP contribution >= 0.6 is 11.3 Å². The molecule has 1 heterocycles. The van der Waals surface area contributed by atoms with Crippen molar-refractivity contribution < 1.29 is 17.9 Å². The van der Waals surface area contributed by atoms with E-state index in [-0.39, 0.29) is 0 Å². The molecule has 0 N–H and O–H groups in total. The molecule has 0 aliphatic rings. The van der Waals surface area contributed by atoms with Gasteiger partial charge in [-0.2, -0.15) is 0 Å². The minimum Gasteiger partial charge on any atom is -0.497 e. The van der Waals surface area contributed by atoms with Crippen molar-refractivity contribution in [2.45, 2.75) is 4.90 Å². The van der Waals surface area contributed by atoms with Crippen molar-refractivity contribution in [1.29, 1.82) is 0 Å². The zero-order valence-corrected chi connectivity index (χ0v) is 17.9. The summed E-state index contributed by atoms with van der Waals surface area (Å²) in [6, 6.07) is 21.1. The highest BCUT2D eigenvalue weighted by molar-refractivity contribution is 7.90.